The van der Waals surface area contributed by atoms with Crippen molar-refractivity contribution < 1.29 is 41.8 Å². The first-order valence-electron chi connectivity index (χ1n) is 16.2. The van der Waals surface area contributed by atoms with E-state index >= 15 is 0 Å². The first-order valence-corrected chi connectivity index (χ1v) is 16.2. The third-order valence-electron chi connectivity index (χ3n) is 7.92. The number of nitrogens with zero attached hydrogens (tertiary/aromatic N) is 2. The lowest BCUT2D eigenvalue weighted by molar-refractivity contribution is -0.137. The molecule has 4 aromatic carbocycles. The van der Waals surface area contributed by atoms with E-state index in [1.54, 1.807) is 81.1 Å². The minimum atomic E-state index is -4.49. The molecule has 0 atom stereocenters. The van der Waals surface area contributed by atoms with E-state index in [1.165, 1.54) is 41.3 Å². The van der Waals surface area contributed by atoms with Crippen molar-refractivity contribution in [2.75, 3.05) is 19.4 Å². The van der Waals surface area contributed by atoms with Crippen LogP contribution in [0.4, 0.5) is 18.9 Å². The van der Waals surface area contributed by atoms with Gasteiger partial charge in [-0.3, -0.25) is 19.4 Å². The van der Waals surface area contributed by atoms with E-state index in [1.807, 2.05) is 0 Å². The van der Waals surface area contributed by atoms with Gasteiger partial charge in [-0.1, -0.05) is 42.5 Å². The molecule has 1 aromatic heterocycles. The van der Waals surface area contributed by atoms with Gasteiger partial charge in [0.05, 0.1) is 22.4 Å². The lowest BCUT2D eigenvalue weighted by atomic mass is 9.97. The Kier molecular flexibility index (Phi) is 11.8. The molecule has 0 bridgehead atoms. The molecule has 0 aliphatic rings. The summed E-state index contributed by atoms with van der Waals surface area (Å²) in [5.41, 5.74) is 2.53. The fraction of sp³-hybridized carbons (Fsp3) is 0.175. The third kappa shape index (κ3) is 9.69. The Morgan fingerprint density at radius 2 is 1.54 bits per heavy atom. The molecule has 0 saturated carbocycles. The van der Waals surface area contributed by atoms with Crippen molar-refractivity contribution in [1.29, 1.82) is 0 Å². The number of rotatable bonds is 12. The van der Waals surface area contributed by atoms with Crippen molar-refractivity contribution >= 4 is 29.4 Å². The summed E-state index contributed by atoms with van der Waals surface area (Å²) >= 11 is 0. The molecule has 12 heteroatoms. The molecule has 0 radical (unpaired) electrons. The molecule has 52 heavy (non-hydrogen) atoms. The van der Waals surface area contributed by atoms with Gasteiger partial charge < -0.3 is 19.7 Å². The van der Waals surface area contributed by atoms with Crippen molar-refractivity contribution in [3.05, 3.63) is 149 Å². The van der Waals surface area contributed by atoms with Crippen LogP contribution >= 0.6 is 0 Å². The molecule has 9 nitrogen and oxygen atoms in total. The predicted molar refractivity (Wildman–Crippen MR) is 188 cm³/mol. The van der Waals surface area contributed by atoms with E-state index < -0.39 is 29.6 Å². The fourth-order valence-electron chi connectivity index (χ4n) is 5.23. The molecule has 5 aromatic rings. The maximum Gasteiger partial charge on any atom is 0.416 e. The number of hydrogen-bond donors (Lipinski definition) is 1. The smallest absolute Gasteiger partial charge is 0.416 e. The van der Waals surface area contributed by atoms with Crippen LogP contribution < -0.4 is 10.1 Å². The Bertz CT molecular complexity index is 2050. The second kappa shape index (κ2) is 16.6. The van der Waals surface area contributed by atoms with E-state index in [9.17, 15) is 32.3 Å². The molecule has 1 N–H and O–H groups in total. The van der Waals surface area contributed by atoms with Crippen LogP contribution in [0.25, 0.3) is 11.1 Å². The number of nitrogens with one attached hydrogen (secondary N) is 1. The van der Waals surface area contributed by atoms with Crippen molar-refractivity contribution in [2.45, 2.75) is 32.0 Å². The molecule has 266 valence electrons. The number of aryl methyl sites for hydroxylation is 1. The summed E-state index contributed by atoms with van der Waals surface area (Å²) in [7, 11) is 3.16. The molecule has 0 saturated heterocycles. The first kappa shape index (κ1) is 37.0. The zero-order valence-electron chi connectivity index (χ0n) is 28.3. The highest BCUT2D eigenvalue weighted by molar-refractivity contribution is 6.11. The molecule has 0 aliphatic carbocycles. The third-order valence-corrected chi connectivity index (χ3v) is 7.92. The molecule has 2 amide bonds. The number of amides is 2. The standard InChI is InChI=1S/C40H34F3N3O6/c1-46(2)38(49)34-23-26(7-5-11-36(47)52-31-19-15-29(16-20-31)39(50)51-25-27-8-6-22-44-24-27)12-21-35(34)45-37(48)33-10-4-3-9-32(33)28-13-17-30(18-14-28)40(41,42)43/h3-4,6,8-10,12-24H,5,7,11,25H2,1-2H3,(H,45,48). The number of carbonyl (C=O) groups excluding carboxylic acids is 4. The quantitative estimate of drug-likeness (QED) is 0.103. The SMILES string of the molecule is CN(C)C(=O)c1cc(CCCC(=O)Oc2ccc(C(=O)OCc3cccnc3)cc2)ccc1NC(=O)c1ccccc1-c1ccc(C(F)(F)F)cc1. The van der Waals surface area contributed by atoms with Gasteiger partial charge in [0.25, 0.3) is 11.8 Å². The Labute approximate surface area is 298 Å². The van der Waals surface area contributed by atoms with E-state index in [0.29, 0.717) is 29.5 Å². The molecule has 0 unspecified atom stereocenters. The predicted octanol–water partition coefficient (Wildman–Crippen LogP) is 8.01. The van der Waals surface area contributed by atoms with Gasteiger partial charge in [0.15, 0.2) is 0 Å². The van der Waals surface area contributed by atoms with Crippen LogP contribution in [0.5, 0.6) is 5.75 Å². The highest BCUT2D eigenvalue weighted by atomic mass is 19.4. The first-order chi connectivity index (χ1) is 24.9. The van der Waals surface area contributed by atoms with Crippen molar-refractivity contribution in [3.63, 3.8) is 0 Å². The maximum absolute atomic E-state index is 13.5. The van der Waals surface area contributed by atoms with Gasteiger partial charge in [0.1, 0.15) is 12.4 Å². The molecule has 1 heterocycles. The number of carbonyl (C=O) groups is 4. The minimum absolute atomic E-state index is 0.0745. The zero-order valence-corrected chi connectivity index (χ0v) is 28.3. The van der Waals surface area contributed by atoms with Crippen molar-refractivity contribution in [2.24, 2.45) is 0 Å². The van der Waals surface area contributed by atoms with Crippen molar-refractivity contribution in [3.8, 4) is 16.9 Å². The van der Waals surface area contributed by atoms with Crippen LogP contribution in [0.3, 0.4) is 0 Å². The van der Waals surface area contributed by atoms with Gasteiger partial charge in [0, 0.05) is 44.0 Å². The second-order valence-corrected chi connectivity index (χ2v) is 11.9. The lowest BCUT2D eigenvalue weighted by Gasteiger charge is -2.17. The summed E-state index contributed by atoms with van der Waals surface area (Å²) in [4.78, 5) is 56.9. The number of alkyl halides is 3. The molecular weight excluding hydrogens is 675 g/mol. The van der Waals surface area contributed by atoms with Crippen LogP contribution in [-0.4, -0.2) is 47.7 Å². The van der Waals surface area contributed by atoms with Gasteiger partial charge in [0.2, 0.25) is 0 Å². The largest absolute Gasteiger partial charge is 0.457 e. The average molecular weight is 710 g/mol. The summed E-state index contributed by atoms with van der Waals surface area (Å²) < 4.78 is 50.0. The van der Waals surface area contributed by atoms with Crippen molar-refractivity contribution in [1.82, 2.24) is 9.88 Å². The number of ether oxygens (including phenoxy) is 2. The number of pyridine rings is 1. The van der Waals surface area contributed by atoms with E-state index in [-0.39, 0.29) is 41.5 Å². The van der Waals surface area contributed by atoms with E-state index in [0.717, 1.165) is 23.3 Å². The molecule has 5 rings (SSSR count). The fourth-order valence-corrected chi connectivity index (χ4v) is 5.23. The van der Waals surface area contributed by atoms with E-state index in [2.05, 4.69) is 10.3 Å². The number of aromatic nitrogens is 1. The molecular formula is C40H34F3N3O6. The zero-order chi connectivity index (χ0) is 37.3. The Morgan fingerprint density at radius 1 is 0.808 bits per heavy atom. The van der Waals surface area contributed by atoms with Gasteiger partial charge >= 0.3 is 18.1 Å². The van der Waals surface area contributed by atoms with Crippen LogP contribution in [0.1, 0.15) is 60.6 Å². The summed E-state index contributed by atoms with van der Waals surface area (Å²) in [6.07, 6.45) is -0.359. The lowest BCUT2D eigenvalue weighted by Crippen LogP contribution is -2.24. The summed E-state index contributed by atoms with van der Waals surface area (Å²) in [5.74, 6) is -1.65. The van der Waals surface area contributed by atoms with Crippen LogP contribution in [0.2, 0.25) is 0 Å². The average Bonchev–Trinajstić information content (AvgIpc) is 3.14. The number of benzene rings is 4. The highest BCUT2D eigenvalue weighted by Crippen LogP contribution is 2.32. The van der Waals surface area contributed by atoms with Crippen LogP contribution in [-0.2, 0) is 28.7 Å². The maximum atomic E-state index is 13.5. The van der Waals surface area contributed by atoms with Gasteiger partial charge in [-0.25, -0.2) is 4.79 Å². The summed E-state index contributed by atoms with van der Waals surface area (Å²) in [6, 6.07) is 25.6. The molecule has 0 fully saturated rings. The van der Waals surface area contributed by atoms with E-state index in [4.69, 9.17) is 9.47 Å². The van der Waals surface area contributed by atoms with Gasteiger partial charge in [-0.15, -0.1) is 0 Å². The number of halogens is 3. The monoisotopic (exact) mass is 709 g/mol. The summed E-state index contributed by atoms with van der Waals surface area (Å²) in [5, 5.41) is 2.79. The molecule has 0 aliphatic heterocycles. The van der Waals surface area contributed by atoms with Gasteiger partial charge in [-0.05, 0) is 90.2 Å². The second-order valence-electron chi connectivity index (χ2n) is 11.9. The topological polar surface area (TPSA) is 115 Å². The van der Waals surface area contributed by atoms with Crippen LogP contribution in [0.15, 0.2) is 116 Å². The minimum Gasteiger partial charge on any atom is -0.457 e. The Morgan fingerprint density at radius 3 is 2.21 bits per heavy atom. The normalized spacial score (nSPS) is 11.0. The highest BCUT2D eigenvalue weighted by Gasteiger charge is 2.30. The Balaban J connectivity index is 1.19. The Hall–Kier alpha value is -6.30. The summed E-state index contributed by atoms with van der Waals surface area (Å²) in [6.45, 7) is 0.0781. The van der Waals surface area contributed by atoms with Crippen LogP contribution in [0, 0.1) is 0 Å². The van der Waals surface area contributed by atoms with Gasteiger partial charge in [-0.2, -0.15) is 13.2 Å². The number of hydrogen-bond acceptors (Lipinski definition) is 7. The molecule has 0 spiro atoms. The number of esters is 2. The number of anilines is 1.